The lowest BCUT2D eigenvalue weighted by Crippen LogP contribution is -2.34. The molecule has 0 unspecified atom stereocenters. The van der Waals surface area contributed by atoms with Crippen LogP contribution in [0.5, 0.6) is 5.75 Å². The summed E-state index contributed by atoms with van der Waals surface area (Å²) >= 11 is 1.66. The van der Waals surface area contributed by atoms with Gasteiger partial charge in [0, 0.05) is 37.4 Å². The van der Waals surface area contributed by atoms with Gasteiger partial charge in [-0.3, -0.25) is 4.90 Å². The molecular formula is C18H24N4OS. The van der Waals surface area contributed by atoms with E-state index in [1.807, 2.05) is 31.3 Å². The van der Waals surface area contributed by atoms with Crippen molar-refractivity contribution >= 4 is 11.8 Å². The van der Waals surface area contributed by atoms with Gasteiger partial charge >= 0.3 is 0 Å². The minimum atomic E-state index is 0.376. The smallest absolute Gasteiger partial charge is 0.191 e. The zero-order chi connectivity index (χ0) is 16.9. The molecule has 0 spiro atoms. The molecular weight excluding hydrogens is 320 g/mol. The average Bonchev–Trinajstić information content (AvgIpc) is 2.96. The highest BCUT2D eigenvalue weighted by molar-refractivity contribution is 7.99. The van der Waals surface area contributed by atoms with E-state index in [2.05, 4.69) is 26.2 Å². The van der Waals surface area contributed by atoms with Crippen LogP contribution < -0.4 is 0 Å². The van der Waals surface area contributed by atoms with Crippen LogP contribution in [0.15, 0.2) is 42.1 Å². The van der Waals surface area contributed by atoms with Gasteiger partial charge in [0.05, 0.1) is 0 Å². The standard InChI is InChI=1S/C18H24N4OS/c1-3-11-24-18-20-19-17(21(18)2)15-8-6-10-22(13-15)12-14-7-4-5-9-16(14)23/h3-5,7,9,15,23H,1,6,8,10-13H2,2H3/t15-/m0/s1. The van der Waals surface area contributed by atoms with E-state index in [0.29, 0.717) is 11.7 Å². The molecule has 1 aromatic carbocycles. The van der Waals surface area contributed by atoms with Gasteiger partial charge in [0.2, 0.25) is 0 Å². The van der Waals surface area contributed by atoms with Crippen LogP contribution in [0.2, 0.25) is 0 Å². The Labute approximate surface area is 147 Å². The van der Waals surface area contributed by atoms with Crippen molar-refractivity contribution in [1.29, 1.82) is 0 Å². The molecule has 0 bridgehead atoms. The maximum atomic E-state index is 9.99. The number of benzene rings is 1. The van der Waals surface area contributed by atoms with Crippen LogP contribution in [0.1, 0.15) is 30.1 Å². The summed E-state index contributed by atoms with van der Waals surface area (Å²) < 4.78 is 2.11. The number of para-hydroxylation sites is 1. The molecule has 2 aromatic rings. The van der Waals surface area contributed by atoms with E-state index in [1.54, 1.807) is 17.8 Å². The summed E-state index contributed by atoms with van der Waals surface area (Å²) in [6.45, 7) is 6.54. The van der Waals surface area contributed by atoms with Crippen LogP contribution >= 0.6 is 11.8 Å². The number of nitrogens with zero attached hydrogens (tertiary/aromatic N) is 4. The molecule has 0 aliphatic carbocycles. The molecule has 6 heteroatoms. The number of hydrogen-bond donors (Lipinski definition) is 1. The lowest BCUT2D eigenvalue weighted by molar-refractivity contribution is 0.193. The lowest BCUT2D eigenvalue weighted by Gasteiger charge is -2.32. The maximum absolute atomic E-state index is 9.99. The van der Waals surface area contributed by atoms with Crippen molar-refractivity contribution < 1.29 is 5.11 Å². The van der Waals surface area contributed by atoms with E-state index < -0.39 is 0 Å². The summed E-state index contributed by atoms with van der Waals surface area (Å²) in [5.41, 5.74) is 0.985. The Hall–Kier alpha value is -1.79. The Morgan fingerprint density at radius 3 is 3.00 bits per heavy atom. The van der Waals surface area contributed by atoms with Crippen LogP contribution in [0, 0.1) is 0 Å². The van der Waals surface area contributed by atoms with E-state index in [-0.39, 0.29) is 0 Å². The molecule has 1 saturated heterocycles. The van der Waals surface area contributed by atoms with Crippen LogP contribution in [0.4, 0.5) is 0 Å². The van der Waals surface area contributed by atoms with Gasteiger partial charge in [-0.1, -0.05) is 36.0 Å². The molecule has 1 aliphatic rings. The fourth-order valence-corrected chi connectivity index (χ4v) is 3.89. The van der Waals surface area contributed by atoms with E-state index in [9.17, 15) is 5.11 Å². The first-order valence-corrected chi connectivity index (χ1v) is 9.29. The number of hydrogen-bond acceptors (Lipinski definition) is 5. The second-order valence-corrected chi connectivity index (χ2v) is 7.19. The topological polar surface area (TPSA) is 54.2 Å². The number of phenolic OH excluding ortho intramolecular Hbond substituents is 1. The van der Waals surface area contributed by atoms with E-state index in [0.717, 1.165) is 54.8 Å². The maximum Gasteiger partial charge on any atom is 0.191 e. The zero-order valence-electron chi connectivity index (χ0n) is 14.1. The summed E-state index contributed by atoms with van der Waals surface area (Å²) in [6, 6.07) is 7.58. The summed E-state index contributed by atoms with van der Waals surface area (Å²) in [5.74, 6) is 2.67. The molecule has 1 fully saturated rings. The lowest BCUT2D eigenvalue weighted by atomic mass is 9.96. The number of thioether (sulfide) groups is 1. The largest absolute Gasteiger partial charge is 0.508 e. The van der Waals surface area contributed by atoms with Gasteiger partial charge in [0.15, 0.2) is 5.16 Å². The molecule has 5 nitrogen and oxygen atoms in total. The SMILES string of the molecule is C=CCSc1nnc([C@H]2CCCN(Cc3ccccc3O)C2)n1C. The Kier molecular flexibility index (Phi) is 5.58. The predicted octanol–water partition coefficient (Wildman–Crippen LogP) is 3.18. The molecule has 1 aromatic heterocycles. The molecule has 0 saturated carbocycles. The first-order valence-electron chi connectivity index (χ1n) is 8.31. The number of rotatable bonds is 6. The molecule has 0 radical (unpaired) electrons. The Morgan fingerprint density at radius 2 is 2.21 bits per heavy atom. The van der Waals surface area contributed by atoms with E-state index in [1.165, 1.54) is 0 Å². The van der Waals surface area contributed by atoms with Crippen LogP contribution in [-0.2, 0) is 13.6 Å². The molecule has 0 amide bonds. The average molecular weight is 344 g/mol. The quantitative estimate of drug-likeness (QED) is 0.644. The number of phenols is 1. The number of aromatic nitrogens is 3. The summed E-state index contributed by atoms with van der Waals surface area (Å²) in [4.78, 5) is 2.40. The Bertz CT molecular complexity index is 700. The molecule has 3 rings (SSSR count). The summed E-state index contributed by atoms with van der Waals surface area (Å²) in [6.07, 6.45) is 4.16. The predicted molar refractivity (Wildman–Crippen MR) is 97.3 cm³/mol. The van der Waals surface area contributed by atoms with Crippen molar-refractivity contribution in [2.24, 2.45) is 7.05 Å². The number of likely N-dealkylation sites (tertiary alicyclic amines) is 1. The van der Waals surface area contributed by atoms with Crippen molar-refractivity contribution in [3.63, 3.8) is 0 Å². The zero-order valence-corrected chi connectivity index (χ0v) is 14.9. The summed E-state index contributed by atoms with van der Waals surface area (Å²) in [5, 5.41) is 19.7. The Balaban J connectivity index is 1.68. The number of piperidine rings is 1. The third-order valence-electron chi connectivity index (χ3n) is 4.46. The first kappa shape index (κ1) is 17.0. The van der Waals surface area contributed by atoms with Gasteiger partial charge < -0.3 is 9.67 Å². The Morgan fingerprint density at radius 1 is 1.38 bits per heavy atom. The second-order valence-electron chi connectivity index (χ2n) is 6.20. The van der Waals surface area contributed by atoms with Gasteiger partial charge in [-0.2, -0.15) is 0 Å². The third kappa shape index (κ3) is 3.82. The van der Waals surface area contributed by atoms with Gasteiger partial charge in [-0.15, -0.1) is 16.8 Å². The minimum Gasteiger partial charge on any atom is -0.508 e. The highest BCUT2D eigenvalue weighted by Gasteiger charge is 2.26. The fourth-order valence-electron chi connectivity index (χ4n) is 3.24. The van der Waals surface area contributed by atoms with E-state index >= 15 is 0 Å². The molecule has 1 atom stereocenters. The van der Waals surface area contributed by atoms with Crippen LogP contribution in [0.25, 0.3) is 0 Å². The third-order valence-corrected chi connectivity index (χ3v) is 5.47. The molecule has 24 heavy (non-hydrogen) atoms. The van der Waals surface area contributed by atoms with Crippen molar-refractivity contribution in [1.82, 2.24) is 19.7 Å². The normalized spacial score (nSPS) is 18.6. The monoisotopic (exact) mass is 344 g/mol. The van der Waals surface area contributed by atoms with Gasteiger partial charge in [-0.25, -0.2) is 0 Å². The number of aromatic hydroxyl groups is 1. The molecule has 2 heterocycles. The molecule has 128 valence electrons. The van der Waals surface area contributed by atoms with Crippen molar-refractivity contribution in [3.05, 3.63) is 48.3 Å². The van der Waals surface area contributed by atoms with Gasteiger partial charge in [0.25, 0.3) is 0 Å². The second kappa shape index (κ2) is 7.85. The summed E-state index contributed by atoms with van der Waals surface area (Å²) in [7, 11) is 2.04. The fraction of sp³-hybridized carbons (Fsp3) is 0.444. The van der Waals surface area contributed by atoms with Crippen molar-refractivity contribution in [2.75, 3.05) is 18.8 Å². The van der Waals surface area contributed by atoms with Crippen LogP contribution in [0.3, 0.4) is 0 Å². The van der Waals surface area contributed by atoms with Crippen molar-refractivity contribution in [3.8, 4) is 5.75 Å². The minimum absolute atomic E-state index is 0.376. The highest BCUT2D eigenvalue weighted by atomic mass is 32.2. The van der Waals surface area contributed by atoms with Crippen molar-refractivity contribution in [2.45, 2.75) is 30.5 Å². The molecule has 1 aliphatic heterocycles. The van der Waals surface area contributed by atoms with Crippen LogP contribution in [-0.4, -0.2) is 43.6 Å². The van der Waals surface area contributed by atoms with Gasteiger partial charge in [0.1, 0.15) is 11.6 Å². The molecule has 1 N–H and O–H groups in total. The first-order chi connectivity index (χ1) is 11.7. The van der Waals surface area contributed by atoms with E-state index in [4.69, 9.17) is 0 Å². The van der Waals surface area contributed by atoms with Gasteiger partial charge in [-0.05, 0) is 25.5 Å². The highest BCUT2D eigenvalue weighted by Crippen LogP contribution is 2.29.